The fourth-order valence-electron chi connectivity index (χ4n) is 4.99. The van der Waals surface area contributed by atoms with E-state index >= 15 is 0 Å². The Labute approximate surface area is 207 Å². The van der Waals surface area contributed by atoms with Crippen LogP contribution in [0.15, 0.2) is 24.3 Å². The summed E-state index contributed by atoms with van der Waals surface area (Å²) in [6.45, 7) is 6.06. The number of aliphatic hydroxyl groups excluding tert-OH is 1. The number of likely N-dealkylation sites (tertiary alicyclic amines) is 2. The molecule has 0 aromatic heterocycles. The van der Waals surface area contributed by atoms with Gasteiger partial charge < -0.3 is 25.1 Å². The molecule has 0 spiro atoms. The molecule has 35 heavy (non-hydrogen) atoms. The molecule has 4 atom stereocenters. The van der Waals surface area contributed by atoms with E-state index in [1.54, 1.807) is 12.1 Å². The van der Waals surface area contributed by atoms with Crippen molar-refractivity contribution in [2.75, 3.05) is 32.1 Å². The van der Waals surface area contributed by atoms with E-state index in [0.717, 1.165) is 5.69 Å². The van der Waals surface area contributed by atoms with Crippen LogP contribution in [0.4, 0.5) is 5.69 Å². The number of hydrogen-bond donors (Lipinski definition) is 2. The molecule has 2 heterocycles. The van der Waals surface area contributed by atoms with Gasteiger partial charge in [-0.15, -0.1) is 0 Å². The van der Waals surface area contributed by atoms with Gasteiger partial charge in [0, 0.05) is 31.9 Å². The summed E-state index contributed by atoms with van der Waals surface area (Å²) in [6, 6.07) is 5.19. The number of anilines is 1. The summed E-state index contributed by atoms with van der Waals surface area (Å²) in [6.07, 6.45) is 0.758. The Bertz CT molecular complexity index is 946. The van der Waals surface area contributed by atoms with Gasteiger partial charge in [-0.2, -0.15) is 0 Å². The number of amides is 3. The van der Waals surface area contributed by atoms with E-state index in [-0.39, 0.29) is 30.1 Å². The first-order valence-electron chi connectivity index (χ1n) is 12.4. The van der Waals surface area contributed by atoms with Gasteiger partial charge in [0.05, 0.1) is 12.6 Å². The fraction of sp³-hybridized carbons (Fsp3) is 0.615. The number of benzene rings is 1. The van der Waals surface area contributed by atoms with Crippen LogP contribution in [-0.2, 0) is 14.4 Å². The first kappa shape index (κ1) is 26.7. The molecule has 2 aliphatic heterocycles. The van der Waals surface area contributed by atoms with E-state index in [1.165, 1.54) is 9.80 Å². The van der Waals surface area contributed by atoms with Crippen LogP contribution < -0.4 is 10.2 Å². The van der Waals surface area contributed by atoms with Crippen molar-refractivity contribution < 1.29 is 24.3 Å². The van der Waals surface area contributed by atoms with Gasteiger partial charge in [0.15, 0.2) is 5.78 Å². The molecule has 2 N–H and O–H groups in total. The number of nitrogens with one attached hydrogen (secondary N) is 1. The Morgan fingerprint density at radius 2 is 1.77 bits per heavy atom. The Morgan fingerprint density at radius 1 is 1.11 bits per heavy atom. The Balaban J connectivity index is 1.75. The predicted molar refractivity (Wildman–Crippen MR) is 133 cm³/mol. The Hall–Kier alpha value is -2.94. The molecular weight excluding hydrogens is 448 g/mol. The van der Waals surface area contributed by atoms with Gasteiger partial charge in [-0.1, -0.05) is 27.2 Å². The molecule has 2 saturated heterocycles. The zero-order chi connectivity index (χ0) is 25.9. The molecule has 0 aliphatic carbocycles. The highest BCUT2D eigenvalue weighted by Crippen LogP contribution is 2.31. The van der Waals surface area contributed by atoms with Crippen molar-refractivity contribution in [3.05, 3.63) is 29.8 Å². The van der Waals surface area contributed by atoms with E-state index in [0.29, 0.717) is 37.8 Å². The summed E-state index contributed by atoms with van der Waals surface area (Å²) in [5.41, 5.74) is 1.41. The lowest BCUT2D eigenvalue weighted by atomic mass is 10.0. The molecule has 2 fully saturated rings. The van der Waals surface area contributed by atoms with Gasteiger partial charge >= 0.3 is 0 Å². The van der Waals surface area contributed by atoms with E-state index in [4.69, 9.17) is 0 Å². The minimum atomic E-state index is -1.14. The van der Waals surface area contributed by atoms with Gasteiger partial charge in [0.2, 0.25) is 5.91 Å². The van der Waals surface area contributed by atoms with E-state index < -0.39 is 30.1 Å². The number of ketones is 1. The maximum absolute atomic E-state index is 13.6. The third kappa shape index (κ3) is 5.83. The summed E-state index contributed by atoms with van der Waals surface area (Å²) < 4.78 is 0. The normalized spacial score (nSPS) is 21.2. The summed E-state index contributed by atoms with van der Waals surface area (Å²) in [5, 5.41) is 13.0. The second-order valence-corrected chi connectivity index (χ2v) is 10.2. The lowest BCUT2D eigenvalue weighted by Gasteiger charge is -2.29. The van der Waals surface area contributed by atoms with Crippen molar-refractivity contribution in [3.63, 3.8) is 0 Å². The minimum absolute atomic E-state index is 0.0991. The van der Waals surface area contributed by atoms with Crippen molar-refractivity contribution in [3.8, 4) is 0 Å². The summed E-state index contributed by atoms with van der Waals surface area (Å²) >= 11 is 0. The minimum Gasteiger partial charge on any atom is -0.383 e. The fourth-order valence-corrected chi connectivity index (χ4v) is 4.99. The van der Waals surface area contributed by atoms with Crippen LogP contribution in [0.25, 0.3) is 0 Å². The maximum atomic E-state index is 13.6. The van der Waals surface area contributed by atoms with Crippen LogP contribution in [0, 0.1) is 5.92 Å². The van der Waals surface area contributed by atoms with Gasteiger partial charge in [-0.3, -0.25) is 19.2 Å². The number of hydrogen-bond acceptors (Lipinski definition) is 6. The van der Waals surface area contributed by atoms with Crippen molar-refractivity contribution in [1.82, 2.24) is 15.1 Å². The summed E-state index contributed by atoms with van der Waals surface area (Å²) in [4.78, 5) is 57.0. The van der Waals surface area contributed by atoms with Gasteiger partial charge in [-0.25, -0.2) is 0 Å². The first-order chi connectivity index (χ1) is 16.5. The topological polar surface area (TPSA) is 110 Å². The highest BCUT2D eigenvalue weighted by molar-refractivity contribution is 6.01. The van der Waals surface area contributed by atoms with E-state index in [9.17, 15) is 24.3 Å². The third-order valence-corrected chi connectivity index (χ3v) is 6.79. The maximum Gasteiger partial charge on any atom is 0.252 e. The van der Waals surface area contributed by atoms with Crippen molar-refractivity contribution in [2.45, 2.75) is 70.7 Å². The Kier molecular flexibility index (Phi) is 8.53. The summed E-state index contributed by atoms with van der Waals surface area (Å²) in [7, 11) is 3.83. The lowest BCUT2D eigenvalue weighted by molar-refractivity contribution is -0.142. The number of nitrogens with zero attached hydrogens (tertiary/aromatic N) is 3. The molecule has 2 aliphatic rings. The van der Waals surface area contributed by atoms with Crippen LogP contribution in [0.1, 0.15) is 56.8 Å². The monoisotopic (exact) mass is 486 g/mol. The SMILES string of the molecule is CCCC(O)C(=O)N1CC(=O)C2C1CCN2C(=O)C(CC(C)C)NC(=O)c1ccc(N(C)C)cc1. The summed E-state index contributed by atoms with van der Waals surface area (Å²) in [5.74, 6) is -1.16. The lowest BCUT2D eigenvalue weighted by Crippen LogP contribution is -2.53. The molecule has 3 rings (SSSR count). The molecule has 1 aromatic carbocycles. The molecule has 0 bridgehead atoms. The van der Waals surface area contributed by atoms with Crippen molar-refractivity contribution in [1.29, 1.82) is 0 Å². The molecule has 9 heteroatoms. The number of rotatable bonds is 9. The second kappa shape index (κ2) is 11.2. The zero-order valence-electron chi connectivity index (χ0n) is 21.4. The third-order valence-electron chi connectivity index (χ3n) is 6.79. The molecule has 1 aromatic rings. The van der Waals surface area contributed by atoms with Crippen LogP contribution >= 0.6 is 0 Å². The largest absolute Gasteiger partial charge is 0.383 e. The van der Waals surface area contributed by atoms with E-state index in [2.05, 4.69) is 5.32 Å². The van der Waals surface area contributed by atoms with Crippen LogP contribution in [-0.4, -0.2) is 89.8 Å². The smallest absolute Gasteiger partial charge is 0.252 e. The first-order valence-corrected chi connectivity index (χ1v) is 12.4. The van der Waals surface area contributed by atoms with E-state index in [1.807, 2.05) is 51.9 Å². The molecule has 3 amide bonds. The zero-order valence-corrected chi connectivity index (χ0v) is 21.4. The van der Waals surface area contributed by atoms with Crippen molar-refractivity contribution >= 4 is 29.2 Å². The molecule has 192 valence electrons. The quantitative estimate of drug-likeness (QED) is 0.547. The van der Waals surface area contributed by atoms with Crippen molar-refractivity contribution in [2.24, 2.45) is 5.92 Å². The Morgan fingerprint density at radius 3 is 2.34 bits per heavy atom. The highest BCUT2D eigenvalue weighted by Gasteiger charge is 2.52. The molecular formula is C26H38N4O5. The van der Waals surface area contributed by atoms with Crippen LogP contribution in [0.5, 0.6) is 0 Å². The standard InChI is InChI=1S/C26H38N4O5/c1-6-7-21(31)26(35)30-15-22(32)23-20(30)12-13-29(23)25(34)19(14-16(2)3)27-24(33)17-8-10-18(11-9-17)28(4)5/h8-11,16,19-21,23,31H,6-7,12-15H2,1-5H3,(H,27,33). The number of carbonyl (C=O) groups excluding carboxylic acids is 4. The predicted octanol–water partition coefficient (Wildman–Crippen LogP) is 1.44. The average Bonchev–Trinajstić information content (AvgIpc) is 3.39. The second-order valence-electron chi connectivity index (χ2n) is 10.2. The molecule has 4 unspecified atom stereocenters. The van der Waals surface area contributed by atoms with Gasteiger partial charge in [-0.05, 0) is 49.4 Å². The molecule has 9 nitrogen and oxygen atoms in total. The number of carbonyl (C=O) groups is 4. The highest BCUT2D eigenvalue weighted by atomic mass is 16.3. The van der Waals surface area contributed by atoms with Gasteiger partial charge in [0.25, 0.3) is 11.8 Å². The number of fused-ring (bicyclic) bond motifs is 1. The average molecular weight is 487 g/mol. The molecule has 0 saturated carbocycles. The molecule has 0 radical (unpaired) electrons. The number of aliphatic hydroxyl groups is 1. The van der Waals surface area contributed by atoms with Crippen LogP contribution in [0.3, 0.4) is 0 Å². The van der Waals surface area contributed by atoms with Gasteiger partial charge in [0.1, 0.15) is 18.2 Å². The number of Topliss-reactive ketones (excluding diaryl/α,β-unsaturated/α-hetero) is 1. The van der Waals surface area contributed by atoms with Crippen LogP contribution in [0.2, 0.25) is 0 Å².